The standard InChI is InChI=1S/C17H27N.C12H17NO3S.Ru/c1-11-8-12(2)14(13(3)9-11)15-16(4,5)10-17(6,7)18-15;1-9(2)16-12-7-6-11(8-10(12)3)17(14,15)13(4)5;/h8-9,15,18H,10H2,1-7H3;3,6-9H,1-2,4-5H3;. The van der Waals surface area contributed by atoms with Crippen LogP contribution in [0.15, 0.2) is 35.2 Å². The van der Waals surface area contributed by atoms with Crippen molar-refractivity contribution in [3.8, 4) is 5.75 Å². The fourth-order valence-electron chi connectivity index (χ4n) is 5.33. The molecule has 0 aliphatic carbocycles. The molecule has 0 spiro atoms. The minimum Gasteiger partial charge on any atom is -0.304 e. The number of benzene rings is 2. The Morgan fingerprint density at radius 1 is 1.06 bits per heavy atom. The van der Waals surface area contributed by atoms with E-state index in [1.165, 1.54) is 47.1 Å². The Balaban J connectivity index is 0.000000254. The summed E-state index contributed by atoms with van der Waals surface area (Å²) in [6.07, 6.45) is 1.27. The second-order valence-electron chi connectivity index (χ2n) is 11.7. The molecule has 5 nitrogen and oxygen atoms in total. The van der Waals surface area contributed by atoms with Crippen molar-refractivity contribution in [2.75, 3.05) is 14.1 Å². The summed E-state index contributed by atoms with van der Waals surface area (Å²) in [5, 5.41) is 3.84. The molecular weight excluding hydrogens is 557 g/mol. The van der Waals surface area contributed by atoms with Gasteiger partial charge in [-0.2, -0.15) is 0 Å². The number of nitrogens with one attached hydrogen (secondary N) is 1. The van der Waals surface area contributed by atoms with Crippen molar-refractivity contribution in [2.24, 2.45) is 5.41 Å². The zero-order valence-corrected chi connectivity index (χ0v) is 26.3. The van der Waals surface area contributed by atoms with Gasteiger partial charge in [-0.25, -0.2) is 0 Å². The van der Waals surface area contributed by atoms with E-state index in [1.807, 2.05) is 13.8 Å². The number of rotatable bonds is 6. The molecule has 1 saturated heterocycles. The van der Waals surface area contributed by atoms with E-state index in [1.54, 1.807) is 22.8 Å². The number of aryl methyl sites for hydroxylation is 3. The van der Waals surface area contributed by atoms with Gasteiger partial charge in [-0.1, -0.05) is 31.5 Å². The van der Waals surface area contributed by atoms with Crippen LogP contribution in [-0.4, -0.2) is 43.1 Å². The third-order valence-corrected chi connectivity index (χ3v) is 8.82. The summed E-state index contributed by atoms with van der Waals surface area (Å²) in [4.78, 5) is 0.264. The van der Waals surface area contributed by atoms with E-state index in [4.69, 9.17) is 4.74 Å². The summed E-state index contributed by atoms with van der Waals surface area (Å²) >= 11 is 2.37. The third-order valence-electron chi connectivity index (χ3n) is 6.47. The van der Waals surface area contributed by atoms with Crippen LogP contribution in [0.4, 0.5) is 0 Å². The normalized spacial score (nSPS) is 18.7. The van der Waals surface area contributed by atoms with Crippen LogP contribution in [0.25, 0.3) is 0 Å². The molecule has 1 atom stereocenters. The van der Waals surface area contributed by atoms with E-state index in [2.05, 4.69) is 83.8 Å². The molecule has 0 saturated carbocycles. The molecule has 202 valence electrons. The van der Waals surface area contributed by atoms with Gasteiger partial charge in [0.1, 0.15) is 0 Å². The molecule has 1 unspecified atom stereocenters. The van der Waals surface area contributed by atoms with Gasteiger partial charge in [-0.15, -0.1) is 0 Å². The fraction of sp³-hybridized carbons (Fsp3) is 0.552. The summed E-state index contributed by atoms with van der Waals surface area (Å²) in [7, 11) is -0.379. The van der Waals surface area contributed by atoms with Crippen LogP contribution >= 0.6 is 0 Å². The number of hydrogen-bond acceptors (Lipinski definition) is 4. The Kier molecular flexibility index (Phi) is 9.89. The maximum atomic E-state index is 12.0. The van der Waals surface area contributed by atoms with E-state index < -0.39 is 10.0 Å². The van der Waals surface area contributed by atoms with Crippen molar-refractivity contribution in [3.05, 3.63) is 58.1 Å². The predicted octanol–water partition coefficient (Wildman–Crippen LogP) is 5.87. The van der Waals surface area contributed by atoms with Gasteiger partial charge in [0.25, 0.3) is 0 Å². The van der Waals surface area contributed by atoms with Crippen LogP contribution in [0.1, 0.15) is 81.8 Å². The van der Waals surface area contributed by atoms with Crippen LogP contribution in [0.5, 0.6) is 5.75 Å². The largest absolute Gasteiger partial charge is 0.304 e. The first-order chi connectivity index (χ1) is 16.4. The van der Waals surface area contributed by atoms with Crippen molar-refractivity contribution < 1.29 is 31.0 Å². The molecule has 2 aromatic rings. The summed E-state index contributed by atoms with van der Waals surface area (Å²) in [5.74, 6) is 0.682. The van der Waals surface area contributed by atoms with Crippen LogP contribution in [0.3, 0.4) is 0 Å². The van der Waals surface area contributed by atoms with Gasteiger partial charge >= 0.3 is 118 Å². The molecule has 0 amide bonds. The summed E-state index contributed by atoms with van der Waals surface area (Å²) in [5.41, 5.74) is 7.03. The maximum absolute atomic E-state index is 12.0. The van der Waals surface area contributed by atoms with Gasteiger partial charge in [-0.05, 0) is 63.1 Å². The SMILES string of the molecule is CC(C)Oc1ccc(S(=O)(=O)N(C)C)cc1[CH]=[Ru].Cc1cc(C)c(C2NC(C)(C)CC2(C)C)c(C)c1. The Bertz CT molecular complexity index is 1180. The van der Waals surface area contributed by atoms with E-state index in [0.717, 1.165) is 5.56 Å². The molecule has 1 aliphatic rings. The molecule has 0 bridgehead atoms. The number of ether oxygens (including phenoxy) is 1. The summed E-state index contributed by atoms with van der Waals surface area (Å²) in [6.45, 7) is 19.9. The van der Waals surface area contributed by atoms with E-state index in [0.29, 0.717) is 17.2 Å². The molecule has 36 heavy (non-hydrogen) atoms. The van der Waals surface area contributed by atoms with Crippen molar-refractivity contribution in [1.29, 1.82) is 0 Å². The molecule has 7 heteroatoms. The first-order valence-corrected chi connectivity index (χ1v) is 14.9. The Labute approximate surface area is 229 Å². The second-order valence-corrected chi connectivity index (χ2v) is 14.3. The molecule has 1 fully saturated rings. The zero-order chi connectivity index (χ0) is 27.6. The minimum atomic E-state index is -3.40. The third kappa shape index (κ3) is 7.34. The average molecular weight is 602 g/mol. The first-order valence-electron chi connectivity index (χ1n) is 12.4. The molecule has 0 radical (unpaired) electrons. The Morgan fingerprint density at radius 2 is 1.61 bits per heavy atom. The van der Waals surface area contributed by atoms with Crippen LogP contribution in [-0.2, 0) is 27.9 Å². The summed E-state index contributed by atoms with van der Waals surface area (Å²) < 4.78 is 32.6. The Morgan fingerprint density at radius 3 is 2.03 bits per heavy atom. The van der Waals surface area contributed by atoms with Gasteiger partial charge in [0.2, 0.25) is 0 Å². The monoisotopic (exact) mass is 602 g/mol. The quantitative estimate of drug-likeness (QED) is 0.421. The van der Waals surface area contributed by atoms with Gasteiger partial charge in [0, 0.05) is 11.6 Å². The minimum absolute atomic E-state index is 0.0478. The van der Waals surface area contributed by atoms with Crippen LogP contribution < -0.4 is 10.1 Å². The number of sulfonamides is 1. The molecule has 0 aromatic heterocycles. The van der Waals surface area contributed by atoms with Crippen molar-refractivity contribution in [1.82, 2.24) is 9.62 Å². The maximum Gasteiger partial charge on any atom is 0.0382 e. The Hall–Kier alpha value is -1.40. The van der Waals surface area contributed by atoms with Crippen molar-refractivity contribution >= 4 is 14.6 Å². The first kappa shape index (κ1) is 30.8. The molecule has 3 rings (SSSR count). The van der Waals surface area contributed by atoms with Crippen molar-refractivity contribution in [2.45, 2.75) is 91.3 Å². The van der Waals surface area contributed by atoms with E-state index in [9.17, 15) is 8.42 Å². The second kappa shape index (κ2) is 11.6. The number of hydrogen-bond donors (Lipinski definition) is 1. The molecule has 1 aliphatic heterocycles. The topological polar surface area (TPSA) is 58.6 Å². The zero-order valence-electron chi connectivity index (χ0n) is 23.8. The van der Waals surface area contributed by atoms with Crippen LogP contribution in [0.2, 0.25) is 0 Å². The number of nitrogens with zero attached hydrogens (tertiary/aromatic N) is 1. The molecular formula is C29H44N2O3RuS. The molecule has 1 heterocycles. The fourth-order valence-corrected chi connectivity index (χ4v) is 6.66. The van der Waals surface area contributed by atoms with Gasteiger partial charge in [0.15, 0.2) is 0 Å². The van der Waals surface area contributed by atoms with Gasteiger partial charge in [0.05, 0.1) is 0 Å². The average Bonchev–Trinajstić information content (AvgIpc) is 2.94. The van der Waals surface area contributed by atoms with Gasteiger partial charge < -0.3 is 5.32 Å². The molecule has 2 aromatic carbocycles. The smallest absolute Gasteiger partial charge is 0.0382 e. The van der Waals surface area contributed by atoms with Crippen LogP contribution in [0, 0.1) is 26.2 Å². The van der Waals surface area contributed by atoms with Gasteiger partial charge in [-0.3, -0.25) is 0 Å². The van der Waals surface area contributed by atoms with E-state index in [-0.39, 0.29) is 16.5 Å². The van der Waals surface area contributed by atoms with Crippen molar-refractivity contribution in [3.63, 3.8) is 0 Å². The molecule has 1 N–H and O–H groups in total. The summed E-state index contributed by atoms with van der Waals surface area (Å²) in [6, 6.07) is 9.95. The van der Waals surface area contributed by atoms with E-state index >= 15 is 0 Å². The predicted molar refractivity (Wildman–Crippen MR) is 147 cm³/mol.